The molecule has 6 nitrogen and oxygen atoms in total. The Morgan fingerprint density at radius 2 is 1.62 bits per heavy atom. The molecule has 1 fully saturated rings. The van der Waals surface area contributed by atoms with E-state index < -0.39 is 10.0 Å². The molecule has 1 amide bonds. The Morgan fingerprint density at radius 3 is 2.21 bits per heavy atom. The summed E-state index contributed by atoms with van der Waals surface area (Å²) >= 11 is 0. The number of piperidine rings is 1. The van der Waals surface area contributed by atoms with Crippen molar-refractivity contribution in [2.45, 2.75) is 38.5 Å². The number of carbonyl (C=O) groups excluding carboxylic acids is 2. The van der Waals surface area contributed by atoms with Gasteiger partial charge in [-0.15, -0.1) is 0 Å². The fraction of sp³-hybridized carbons (Fsp3) is 0.364. The topological polar surface area (TPSA) is 83.6 Å². The summed E-state index contributed by atoms with van der Waals surface area (Å²) in [6.45, 7) is 5.95. The van der Waals surface area contributed by atoms with Crippen molar-refractivity contribution in [2.24, 2.45) is 5.92 Å². The van der Waals surface area contributed by atoms with Crippen molar-refractivity contribution in [3.63, 3.8) is 0 Å². The van der Waals surface area contributed by atoms with E-state index in [4.69, 9.17) is 0 Å². The number of sulfonamides is 1. The van der Waals surface area contributed by atoms with Crippen LogP contribution in [0.4, 0.5) is 5.69 Å². The third-order valence-corrected chi connectivity index (χ3v) is 7.29. The lowest BCUT2D eigenvalue weighted by Crippen LogP contribution is -2.41. The van der Waals surface area contributed by atoms with Gasteiger partial charge in [-0.1, -0.05) is 24.3 Å². The zero-order valence-corrected chi connectivity index (χ0v) is 17.8. The van der Waals surface area contributed by atoms with Crippen molar-refractivity contribution < 1.29 is 18.0 Å². The van der Waals surface area contributed by atoms with Crippen LogP contribution in [0.15, 0.2) is 47.4 Å². The molecule has 1 heterocycles. The smallest absolute Gasteiger partial charge is 0.243 e. The number of hydrogen-bond donors (Lipinski definition) is 1. The van der Waals surface area contributed by atoms with E-state index in [2.05, 4.69) is 5.32 Å². The molecule has 2 aromatic rings. The van der Waals surface area contributed by atoms with Gasteiger partial charge in [-0.3, -0.25) is 9.59 Å². The van der Waals surface area contributed by atoms with Gasteiger partial charge in [-0.25, -0.2) is 8.42 Å². The number of amides is 1. The molecule has 1 N–H and O–H groups in total. The number of Topliss-reactive ketones (excluding diaryl/α,β-unsaturated/α-hetero) is 1. The lowest BCUT2D eigenvalue weighted by molar-refractivity contribution is -0.120. The van der Waals surface area contributed by atoms with E-state index >= 15 is 0 Å². The minimum atomic E-state index is -3.63. The molecule has 0 atom stereocenters. The molecule has 0 saturated carbocycles. The van der Waals surface area contributed by atoms with Gasteiger partial charge in [0.2, 0.25) is 15.9 Å². The first kappa shape index (κ1) is 21.2. The summed E-state index contributed by atoms with van der Waals surface area (Å²) in [4.78, 5) is 24.2. The van der Waals surface area contributed by atoms with Crippen LogP contribution in [0, 0.1) is 19.8 Å². The maximum Gasteiger partial charge on any atom is 0.243 e. The molecule has 1 aliphatic heterocycles. The number of nitrogens with one attached hydrogen (secondary N) is 1. The van der Waals surface area contributed by atoms with Crippen molar-refractivity contribution in [3.05, 3.63) is 59.2 Å². The summed E-state index contributed by atoms with van der Waals surface area (Å²) in [7, 11) is -3.63. The third kappa shape index (κ3) is 4.74. The molecule has 154 valence electrons. The molecule has 0 unspecified atom stereocenters. The SMILES string of the molecule is CC(=O)c1ccc(S(=O)(=O)N2CCC(C(=O)Nc3cc(C)ccc3C)CC2)cc1. The fourth-order valence-electron chi connectivity index (χ4n) is 3.47. The molecule has 3 rings (SSSR count). The molecule has 1 saturated heterocycles. The summed E-state index contributed by atoms with van der Waals surface area (Å²) in [5, 5.41) is 2.98. The molecule has 2 aromatic carbocycles. The Hall–Kier alpha value is -2.51. The fourth-order valence-corrected chi connectivity index (χ4v) is 4.94. The van der Waals surface area contributed by atoms with E-state index in [0.717, 1.165) is 16.8 Å². The second kappa shape index (κ2) is 8.47. The van der Waals surface area contributed by atoms with Gasteiger partial charge in [0.25, 0.3) is 0 Å². The van der Waals surface area contributed by atoms with Gasteiger partial charge in [0.05, 0.1) is 4.90 Å². The van der Waals surface area contributed by atoms with Gasteiger partial charge in [-0.05, 0) is 62.9 Å². The van der Waals surface area contributed by atoms with E-state index in [1.807, 2.05) is 32.0 Å². The molecule has 0 radical (unpaired) electrons. The Bertz CT molecular complexity index is 1020. The number of hydrogen-bond acceptors (Lipinski definition) is 4. The molecule has 0 spiro atoms. The van der Waals surface area contributed by atoms with Gasteiger partial charge >= 0.3 is 0 Å². The summed E-state index contributed by atoms with van der Waals surface area (Å²) in [5.41, 5.74) is 3.35. The van der Waals surface area contributed by atoms with Crippen molar-refractivity contribution in [1.82, 2.24) is 4.31 Å². The second-order valence-corrected chi connectivity index (χ2v) is 9.50. The number of aryl methyl sites for hydroxylation is 2. The van der Waals surface area contributed by atoms with Crippen LogP contribution in [-0.4, -0.2) is 37.5 Å². The Kier molecular flexibility index (Phi) is 6.19. The molecule has 29 heavy (non-hydrogen) atoms. The minimum absolute atomic E-state index is 0.0680. The first-order valence-corrected chi connectivity index (χ1v) is 11.1. The van der Waals surface area contributed by atoms with Crippen molar-refractivity contribution in [1.29, 1.82) is 0 Å². The van der Waals surface area contributed by atoms with Crippen LogP contribution in [0.25, 0.3) is 0 Å². The summed E-state index contributed by atoms with van der Waals surface area (Å²) in [6.07, 6.45) is 0.947. The van der Waals surface area contributed by atoms with Crippen LogP contribution in [0.1, 0.15) is 41.3 Å². The highest BCUT2D eigenvalue weighted by atomic mass is 32.2. The van der Waals surface area contributed by atoms with Crippen LogP contribution in [0.5, 0.6) is 0 Å². The van der Waals surface area contributed by atoms with Crippen LogP contribution in [-0.2, 0) is 14.8 Å². The van der Waals surface area contributed by atoms with Crippen molar-refractivity contribution in [2.75, 3.05) is 18.4 Å². The van der Waals surface area contributed by atoms with E-state index in [1.54, 1.807) is 0 Å². The Labute approximate surface area is 172 Å². The number of ketones is 1. The van der Waals surface area contributed by atoms with Gasteiger partial charge in [0.1, 0.15) is 0 Å². The lowest BCUT2D eigenvalue weighted by atomic mass is 9.97. The van der Waals surface area contributed by atoms with E-state index in [0.29, 0.717) is 31.5 Å². The van der Waals surface area contributed by atoms with Gasteiger partial charge in [0, 0.05) is 30.3 Å². The number of carbonyl (C=O) groups is 2. The van der Waals surface area contributed by atoms with Crippen LogP contribution in [0.2, 0.25) is 0 Å². The predicted molar refractivity (Wildman–Crippen MR) is 112 cm³/mol. The van der Waals surface area contributed by atoms with E-state index in [-0.39, 0.29) is 22.5 Å². The maximum absolute atomic E-state index is 12.9. The zero-order valence-electron chi connectivity index (χ0n) is 16.9. The van der Waals surface area contributed by atoms with Gasteiger partial charge in [-0.2, -0.15) is 4.31 Å². The van der Waals surface area contributed by atoms with Crippen LogP contribution >= 0.6 is 0 Å². The molecule has 0 aliphatic carbocycles. The van der Waals surface area contributed by atoms with Gasteiger partial charge in [0.15, 0.2) is 5.78 Å². The zero-order chi connectivity index (χ0) is 21.2. The Morgan fingerprint density at radius 1 is 1.00 bits per heavy atom. The van der Waals surface area contributed by atoms with Crippen molar-refractivity contribution in [3.8, 4) is 0 Å². The highest BCUT2D eigenvalue weighted by Gasteiger charge is 2.32. The quantitative estimate of drug-likeness (QED) is 0.759. The standard InChI is InChI=1S/C22H26N2O4S/c1-15-4-5-16(2)21(14-15)23-22(26)19-10-12-24(13-11-19)29(27,28)20-8-6-18(7-9-20)17(3)25/h4-9,14,19H,10-13H2,1-3H3,(H,23,26). The minimum Gasteiger partial charge on any atom is -0.326 e. The third-order valence-electron chi connectivity index (χ3n) is 5.37. The second-order valence-electron chi connectivity index (χ2n) is 7.57. The van der Waals surface area contributed by atoms with Crippen molar-refractivity contribution >= 4 is 27.4 Å². The number of anilines is 1. The molecule has 0 bridgehead atoms. The first-order chi connectivity index (χ1) is 13.7. The number of rotatable bonds is 5. The average Bonchev–Trinajstić information content (AvgIpc) is 2.71. The largest absolute Gasteiger partial charge is 0.326 e. The number of benzene rings is 2. The average molecular weight is 415 g/mol. The highest BCUT2D eigenvalue weighted by molar-refractivity contribution is 7.89. The van der Waals surface area contributed by atoms with Gasteiger partial charge < -0.3 is 5.32 Å². The van der Waals surface area contributed by atoms with E-state index in [9.17, 15) is 18.0 Å². The first-order valence-electron chi connectivity index (χ1n) is 9.68. The summed E-state index contributed by atoms with van der Waals surface area (Å²) < 4.78 is 27.1. The van der Waals surface area contributed by atoms with Crippen LogP contribution in [0.3, 0.4) is 0 Å². The lowest BCUT2D eigenvalue weighted by Gasteiger charge is -2.30. The molecular weight excluding hydrogens is 388 g/mol. The predicted octanol–water partition coefficient (Wildman–Crippen LogP) is 3.55. The van der Waals surface area contributed by atoms with Crippen LogP contribution < -0.4 is 5.32 Å². The monoisotopic (exact) mass is 414 g/mol. The molecule has 0 aromatic heterocycles. The Balaban J connectivity index is 1.64. The maximum atomic E-state index is 12.9. The normalized spacial score (nSPS) is 15.8. The van der Waals surface area contributed by atoms with E-state index in [1.165, 1.54) is 35.5 Å². The molecule has 7 heteroatoms. The molecular formula is C22H26N2O4S. The summed E-state index contributed by atoms with van der Waals surface area (Å²) in [6, 6.07) is 11.9. The molecule has 1 aliphatic rings. The highest BCUT2D eigenvalue weighted by Crippen LogP contribution is 2.26. The number of nitrogens with zero attached hydrogens (tertiary/aromatic N) is 1. The summed E-state index contributed by atoms with van der Waals surface area (Å²) in [5.74, 6) is -0.396.